The van der Waals surface area contributed by atoms with Crippen LogP contribution in [0.25, 0.3) is 0 Å². The summed E-state index contributed by atoms with van der Waals surface area (Å²) in [5, 5.41) is 0. The molecule has 0 saturated carbocycles. The summed E-state index contributed by atoms with van der Waals surface area (Å²) < 4.78 is 30.6. The van der Waals surface area contributed by atoms with Gasteiger partial charge in [0.2, 0.25) is 0 Å². The number of benzene rings is 1. The van der Waals surface area contributed by atoms with Crippen molar-refractivity contribution in [1.29, 1.82) is 0 Å². The smallest absolute Gasteiger partial charge is 0.187 e. The third-order valence-electron chi connectivity index (χ3n) is 4.09. The zero-order chi connectivity index (χ0) is 14.2. The molecule has 0 spiro atoms. The first-order valence-electron chi connectivity index (χ1n) is 6.88. The van der Waals surface area contributed by atoms with Crippen molar-refractivity contribution in [1.82, 2.24) is 4.72 Å². The molecular formula is C15H18N2O2S. The van der Waals surface area contributed by atoms with Gasteiger partial charge in [0.25, 0.3) is 0 Å². The molecule has 1 aliphatic heterocycles. The molecule has 5 heteroatoms. The Kier molecular flexibility index (Phi) is 3.26. The molecule has 106 valence electrons. The highest BCUT2D eigenvalue weighted by Crippen LogP contribution is 2.35. The lowest BCUT2D eigenvalue weighted by molar-refractivity contribution is 0.384. The van der Waals surface area contributed by atoms with Crippen molar-refractivity contribution in [2.24, 2.45) is 10.3 Å². The summed E-state index contributed by atoms with van der Waals surface area (Å²) in [7, 11) is -3.60. The lowest BCUT2D eigenvalue weighted by atomic mass is 9.75. The highest BCUT2D eigenvalue weighted by Gasteiger charge is 2.46. The van der Waals surface area contributed by atoms with Crippen molar-refractivity contribution in [3.05, 3.63) is 48.0 Å². The van der Waals surface area contributed by atoms with Crippen LogP contribution in [0.1, 0.15) is 31.7 Å². The molecule has 1 N–H and O–H groups in total. The van der Waals surface area contributed by atoms with Crippen molar-refractivity contribution in [3.63, 3.8) is 0 Å². The normalized spacial score (nSPS) is 32.0. The molecule has 0 fully saturated rings. The van der Waals surface area contributed by atoms with Gasteiger partial charge in [0.15, 0.2) is 0 Å². The van der Waals surface area contributed by atoms with Crippen molar-refractivity contribution >= 4 is 15.9 Å². The number of hydrogen-bond acceptors (Lipinski definition) is 2. The second-order valence-corrected chi connectivity index (χ2v) is 6.89. The van der Waals surface area contributed by atoms with Gasteiger partial charge in [0.05, 0.1) is 11.3 Å². The molecule has 0 unspecified atom stereocenters. The molecule has 2 aliphatic rings. The fourth-order valence-electron chi connectivity index (χ4n) is 3.05. The molecule has 1 aromatic carbocycles. The van der Waals surface area contributed by atoms with E-state index in [-0.39, 0.29) is 5.92 Å². The van der Waals surface area contributed by atoms with Crippen LogP contribution >= 0.6 is 0 Å². The van der Waals surface area contributed by atoms with Crippen molar-refractivity contribution in [2.45, 2.75) is 31.7 Å². The standard InChI is InChI=1S/C15H18N2O2S/c1-15(13-10-6-3-7-11-13)14(16-20(18,19)17-15)12-8-4-2-5-9-12/h2,4-6,8-10,13,17H,3,7,11H2,1H3/t13-,15-/m0/s1. The SMILES string of the molecule is C[C@@]1([C@H]2C=CCCC2)NS(=O)(=O)N=C1c1ccccc1. The molecule has 1 aliphatic carbocycles. The second-order valence-electron chi connectivity index (χ2n) is 5.55. The summed E-state index contributed by atoms with van der Waals surface area (Å²) in [4.78, 5) is 0. The van der Waals surface area contributed by atoms with Crippen molar-refractivity contribution in [2.75, 3.05) is 0 Å². The number of nitrogens with one attached hydrogen (secondary N) is 1. The molecule has 2 atom stereocenters. The van der Waals surface area contributed by atoms with E-state index >= 15 is 0 Å². The summed E-state index contributed by atoms with van der Waals surface area (Å²) in [5.41, 5.74) is 0.828. The van der Waals surface area contributed by atoms with Gasteiger partial charge in [-0.3, -0.25) is 0 Å². The molecule has 1 aromatic rings. The zero-order valence-electron chi connectivity index (χ0n) is 11.4. The summed E-state index contributed by atoms with van der Waals surface area (Å²) in [5.74, 6) is 0.146. The summed E-state index contributed by atoms with van der Waals surface area (Å²) in [6.07, 6.45) is 7.38. The van der Waals surface area contributed by atoms with E-state index in [0.29, 0.717) is 5.71 Å². The van der Waals surface area contributed by atoms with Gasteiger partial charge >= 0.3 is 10.2 Å². The van der Waals surface area contributed by atoms with Gasteiger partial charge in [-0.15, -0.1) is 0 Å². The van der Waals surface area contributed by atoms with E-state index < -0.39 is 15.7 Å². The number of hydrogen-bond donors (Lipinski definition) is 1. The Labute approximate surface area is 119 Å². The van der Waals surface area contributed by atoms with E-state index in [1.807, 2.05) is 37.3 Å². The zero-order valence-corrected chi connectivity index (χ0v) is 12.2. The number of allylic oxidation sites excluding steroid dienone is 1. The molecule has 0 amide bonds. The maximum absolute atomic E-state index is 11.9. The Morgan fingerprint density at radius 2 is 2.05 bits per heavy atom. The van der Waals surface area contributed by atoms with Crippen LogP contribution in [0.5, 0.6) is 0 Å². The lowest BCUT2D eigenvalue weighted by Crippen LogP contribution is -2.52. The Hall–Kier alpha value is -1.46. The quantitative estimate of drug-likeness (QED) is 0.850. The average molecular weight is 290 g/mol. The molecular weight excluding hydrogens is 272 g/mol. The fourth-order valence-corrected chi connectivity index (χ4v) is 4.41. The van der Waals surface area contributed by atoms with Crippen LogP contribution in [0.2, 0.25) is 0 Å². The summed E-state index contributed by atoms with van der Waals surface area (Å²) in [6, 6.07) is 9.54. The first-order valence-corrected chi connectivity index (χ1v) is 8.32. The molecule has 3 rings (SSSR count). The highest BCUT2D eigenvalue weighted by atomic mass is 32.2. The molecule has 1 heterocycles. The number of nitrogens with zero attached hydrogens (tertiary/aromatic N) is 1. The van der Waals surface area contributed by atoms with Gasteiger partial charge in [0, 0.05) is 5.92 Å². The predicted molar refractivity (Wildman–Crippen MR) is 79.9 cm³/mol. The van der Waals surface area contributed by atoms with Gasteiger partial charge in [-0.1, -0.05) is 42.5 Å². The van der Waals surface area contributed by atoms with Gasteiger partial charge in [-0.2, -0.15) is 17.5 Å². The maximum Gasteiger partial charge on any atom is 0.320 e. The van der Waals surface area contributed by atoms with E-state index in [1.165, 1.54) is 0 Å². The van der Waals surface area contributed by atoms with Crippen LogP contribution < -0.4 is 4.72 Å². The van der Waals surface area contributed by atoms with Crippen LogP contribution in [0.4, 0.5) is 0 Å². The molecule has 4 nitrogen and oxygen atoms in total. The largest absolute Gasteiger partial charge is 0.320 e. The fraction of sp³-hybridized carbons (Fsp3) is 0.400. The minimum absolute atomic E-state index is 0.146. The monoisotopic (exact) mass is 290 g/mol. The molecule has 0 aromatic heterocycles. The van der Waals surface area contributed by atoms with Gasteiger partial charge in [-0.25, -0.2) is 0 Å². The van der Waals surface area contributed by atoms with Crippen LogP contribution in [0, 0.1) is 5.92 Å². The van der Waals surface area contributed by atoms with E-state index in [4.69, 9.17) is 0 Å². The van der Waals surface area contributed by atoms with Crippen molar-refractivity contribution < 1.29 is 8.42 Å². The Morgan fingerprint density at radius 1 is 1.30 bits per heavy atom. The van der Waals surface area contributed by atoms with E-state index in [2.05, 4.69) is 21.3 Å². The molecule has 0 saturated heterocycles. The topological polar surface area (TPSA) is 58.5 Å². The van der Waals surface area contributed by atoms with Crippen LogP contribution in [0.3, 0.4) is 0 Å². The highest BCUT2D eigenvalue weighted by molar-refractivity contribution is 7.88. The lowest BCUT2D eigenvalue weighted by Gasteiger charge is -2.34. The molecule has 0 bridgehead atoms. The van der Waals surface area contributed by atoms with Gasteiger partial charge in [0.1, 0.15) is 0 Å². The minimum Gasteiger partial charge on any atom is -0.187 e. The van der Waals surface area contributed by atoms with Gasteiger partial charge < -0.3 is 0 Å². The minimum atomic E-state index is -3.60. The summed E-state index contributed by atoms with van der Waals surface area (Å²) >= 11 is 0. The van der Waals surface area contributed by atoms with Crippen LogP contribution in [-0.2, 0) is 10.2 Å². The summed E-state index contributed by atoms with van der Waals surface area (Å²) in [6.45, 7) is 1.93. The Morgan fingerprint density at radius 3 is 2.70 bits per heavy atom. The third-order valence-corrected chi connectivity index (χ3v) is 5.19. The molecule has 20 heavy (non-hydrogen) atoms. The van der Waals surface area contributed by atoms with Crippen LogP contribution in [-0.4, -0.2) is 19.7 Å². The Bertz CT molecular complexity index is 664. The molecule has 0 radical (unpaired) electrons. The van der Waals surface area contributed by atoms with Crippen molar-refractivity contribution in [3.8, 4) is 0 Å². The number of rotatable bonds is 2. The maximum atomic E-state index is 11.9. The second kappa shape index (κ2) is 4.82. The Balaban J connectivity index is 2.08. The first kappa shape index (κ1) is 13.5. The van der Waals surface area contributed by atoms with Crippen LogP contribution in [0.15, 0.2) is 46.9 Å². The first-order chi connectivity index (χ1) is 9.51. The third kappa shape index (κ3) is 2.31. The van der Waals surface area contributed by atoms with Gasteiger partial charge in [-0.05, 0) is 31.7 Å². The average Bonchev–Trinajstić information content (AvgIpc) is 2.72. The van der Waals surface area contributed by atoms with E-state index in [9.17, 15) is 8.42 Å². The van der Waals surface area contributed by atoms with E-state index in [0.717, 1.165) is 24.8 Å². The predicted octanol–water partition coefficient (Wildman–Crippen LogP) is 2.44. The van der Waals surface area contributed by atoms with E-state index in [1.54, 1.807) is 0 Å².